The third kappa shape index (κ3) is 5.01. The summed E-state index contributed by atoms with van der Waals surface area (Å²) in [5.74, 6) is 1.89. The number of likely N-dealkylation sites (tertiary alicyclic amines) is 1. The molecule has 166 valence electrons. The molecule has 1 aliphatic carbocycles. The fourth-order valence-electron chi connectivity index (χ4n) is 5.80. The molecule has 4 rings (SSSR count). The Morgan fingerprint density at radius 2 is 1.53 bits per heavy atom. The lowest BCUT2D eigenvalue weighted by atomic mass is 9.68. The van der Waals surface area contributed by atoms with Crippen LogP contribution in [-0.4, -0.2) is 61.5 Å². The maximum absolute atomic E-state index is 12.5. The molecule has 0 atom stereocenters. The summed E-state index contributed by atoms with van der Waals surface area (Å²) in [6.07, 6.45) is 7.71. The van der Waals surface area contributed by atoms with Gasteiger partial charge in [0.1, 0.15) is 0 Å². The van der Waals surface area contributed by atoms with Crippen molar-refractivity contribution in [1.29, 1.82) is 0 Å². The minimum atomic E-state index is 0.331. The second kappa shape index (κ2) is 9.30. The van der Waals surface area contributed by atoms with E-state index in [0.717, 1.165) is 45.2 Å². The van der Waals surface area contributed by atoms with E-state index in [0.29, 0.717) is 23.8 Å². The standard InChI is InChI=1S/C26H41N3O/c1-26(2,3)22-12-10-21(11-13-22)23-8-4-5-9-24(23)28-18-16-27(17-19-28)20-25(30)29-14-6-7-15-29/h4-5,8-9,21-22H,6-7,10-20H2,1-3H3. The summed E-state index contributed by atoms with van der Waals surface area (Å²) >= 11 is 0. The summed E-state index contributed by atoms with van der Waals surface area (Å²) < 4.78 is 0. The monoisotopic (exact) mass is 411 g/mol. The predicted octanol–water partition coefficient (Wildman–Crippen LogP) is 4.75. The fraction of sp³-hybridized carbons (Fsp3) is 0.731. The minimum absolute atomic E-state index is 0.331. The first kappa shape index (κ1) is 21.7. The molecule has 2 heterocycles. The van der Waals surface area contributed by atoms with E-state index in [1.165, 1.54) is 44.2 Å². The molecule has 0 bridgehead atoms. The molecule has 3 fully saturated rings. The van der Waals surface area contributed by atoms with Gasteiger partial charge in [-0.3, -0.25) is 9.69 Å². The zero-order valence-corrected chi connectivity index (χ0v) is 19.4. The van der Waals surface area contributed by atoms with Crippen LogP contribution in [0.25, 0.3) is 0 Å². The van der Waals surface area contributed by atoms with Gasteiger partial charge in [0.05, 0.1) is 6.54 Å². The number of amides is 1. The Bertz CT molecular complexity index is 703. The van der Waals surface area contributed by atoms with Crippen molar-refractivity contribution in [3.8, 4) is 0 Å². The molecule has 30 heavy (non-hydrogen) atoms. The van der Waals surface area contributed by atoms with Crippen molar-refractivity contribution in [3.63, 3.8) is 0 Å². The lowest BCUT2D eigenvalue weighted by Crippen LogP contribution is -2.50. The van der Waals surface area contributed by atoms with Crippen molar-refractivity contribution in [3.05, 3.63) is 29.8 Å². The van der Waals surface area contributed by atoms with Crippen molar-refractivity contribution >= 4 is 11.6 Å². The van der Waals surface area contributed by atoms with Gasteiger partial charge < -0.3 is 9.80 Å². The largest absolute Gasteiger partial charge is 0.369 e. The average Bonchev–Trinajstić information content (AvgIpc) is 3.29. The van der Waals surface area contributed by atoms with Gasteiger partial charge in [-0.1, -0.05) is 39.0 Å². The number of anilines is 1. The number of rotatable bonds is 4. The molecule has 1 aromatic rings. The van der Waals surface area contributed by atoms with Crippen LogP contribution in [0.15, 0.2) is 24.3 Å². The number of carbonyl (C=O) groups is 1. The highest BCUT2D eigenvalue weighted by Gasteiger charge is 2.32. The van der Waals surface area contributed by atoms with E-state index in [2.05, 4.69) is 59.7 Å². The lowest BCUT2D eigenvalue weighted by Gasteiger charge is -2.40. The summed E-state index contributed by atoms with van der Waals surface area (Å²) in [5.41, 5.74) is 3.45. The number of nitrogens with zero attached hydrogens (tertiary/aromatic N) is 3. The summed E-state index contributed by atoms with van der Waals surface area (Å²) in [7, 11) is 0. The Balaban J connectivity index is 1.34. The second-order valence-electron chi connectivity index (χ2n) is 10.8. The molecule has 2 aliphatic heterocycles. The number of para-hydroxylation sites is 1. The maximum Gasteiger partial charge on any atom is 0.236 e. The summed E-state index contributed by atoms with van der Waals surface area (Å²) in [5, 5.41) is 0. The smallest absolute Gasteiger partial charge is 0.236 e. The Morgan fingerprint density at radius 1 is 0.900 bits per heavy atom. The molecule has 4 heteroatoms. The summed E-state index contributed by atoms with van der Waals surface area (Å²) in [6, 6.07) is 9.12. The molecule has 0 spiro atoms. The van der Waals surface area contributed by atoms with Crippen molar-refractivity contribution in [2.75, 3.05) is 50.7 Å². The molecule has 1 aromatic carbocycles. The SMILES string of the molecule is CC(C)(C)C1CCC(c2ccccc2N2CCN(CC(=O)N3CCCC3)CC2)CC1. The molecule has 4 nitrogen and oxygen atoms in total. The van der Waals surface area contributed by atoms with Crippen LogP contribution >= 0.6 is 0 Å². The van der Waals surface area contributed by atoms with Gasteiger partial charge in [0.2, 0.25) is 5.91 Å². The van der Waals surface area contributed by atoms with Crippen LogP contribution in [0.4, 0.5) is 5.69 Å². The molecule has 0 unspecified atom stereocenters. The molecule has 0 aromatic heterocycles. The first-order valence-corrected chi connectivity index (χ1v) is 12.3. The third-order valence-corrected chi connectivity index (χ3v) is 7.86. The van der Waals surface area contributed by atoms with E-state index in [4.69, 9.17) is 0 Å². The Hall–Kier alpha value is -1.55. The van der Waals surface area contributed by atoms with Crippen LogP contribution < -0.4 is 4.90 Å². The summed E-state index contributed by atoms with van der Waals surface area (Å²) in [6.45, 7) is 13.8. The van der Waals surface area contributed by atoms with Gasteiger partial charge in [-0.05, 0) is 67.4 Å². The van der Waals surface area contributed by atoms with Crippen molar-refractivity contribution in [2.45, 2.75) is 65.2 Å². The number of benzene rings is 1. The van der Waals surface area contributed by atoms with Crippen LogP contribution in [0.5, 0.6) is 0 Å². The van der Waals surface area contributed by atoms with Gasteiger partial charge in [-0.15, -0.1) is 0 Å². The molecule has 3 aliphatic rings. The topological polar surface area (TPSA) is 26.8 Å². The third-order valence-electron chi connectivity index (χ3n) is 7.86. The normalized spacial score (nSPS) is 26.2. The van der Waals surface area contributed by atoms with Gasteiger partial charge in [0.25, 0.3) is 0 Å². The van der Waals surface area contributed by atoms with Gasteiger partial charge in [-0.2, -0.15) is 0 Å². The minimum Gasteiger partial charge on any atom is -0.369 e. The van der Waals surface area contributed by atoms with Gasteiger partial charge in [-0.25, -0.2) is 0 Å². The zero-order chi connectivity index (χ0) is 21.1. The number of hydrogen-bond acceptors (Lipinski definition) is 3. The van der Waals surface area contributed by atoms with Crippen LogP contribution in [-0.2, 0) is 4.79 Å². The molecule has 1 saturated carbocycles. The first-order chi connectivity index (χ1) is 14.4. The van der Waals surface area contributed by atoms with E-state index in [1.54, 1.807) is 5.56 Å². The van der Waals surface area contributed by atoms with Crippen molar-refractivity contribution in [1.82, 2.24) is 9.80 Å². The predicted molar refractivity (Wildman–Crippen MR) is 125 cm³/mol. The van der Waals surface area contributed by atoms with E-state index in [9.17, 15) is 4.79 Å². The fourth-order valence-corrected chi connectivity index (χ4v) is 5.80. The van der Waals surface area contributed by atoms with Gasteiger partial charge >= 0.3 is 0 Å². The Kier molecular flexibility index (Phi) is 6.72. The van der Waals surface area contributed by atoms with Gasteiger partial charge in [0.15, 0.2) is 0 Å². The summed E-state index contributed by atoms with van der Waals surface area (Å²) in [4.78, 5) is 19.5. The van der Waals surface area contributed by atoms with Gasteiger partial charge in [0, 0.05) is 45.0 Å². The van der Waals surface area contributed by atoms with E-state index >= 15 is 0 Å². The average molecular weight is 412 g/mol. The zero-order valence-electron chi connectivity index (χ0n) is 19.4. The quantitative estimate of drug-likeness (QED) is 0.715. The van der Waals surface area contributed by atoms with E-state index < -0.39 is 0 Å². The highest BCUT2D eigenvalue weighted by molar-refractivity contribution is 5.78. The van der Waals surface area contributed by atoms with Crippen LogP contribution in [0, 0.1) is 11.3 Å². The molecule has 0 radical (unpaired) electrons. The first-order valence-electron chi connectivity index (χ1n) is 12.3. The maximum atomic E-state index is 12.5. The lowest BCUT2D eigenvalue weighted by molar-refractivity contribution is -0.131. The second-order valence-corrected chi connectivity index (χ2v) is 10.8. The Labute approximate surface area is 183 Å². The molecule has 0 N–H and O–H groups in total. The highest BCUT2D eigenvalue weighted by atomic mass is 16.2. The molecule has 1 amide bonds. The molecular weight excluding hydrogens is 370 g/mol. The van der Waals surface area contributed by atoms with Crippen molar-refractivity contribution < 1.29 is 4.79 Å². The van der Waals surface area contributed by atoms with Crippen LogP contribution in [0.2, 0.25) is 0 Å². The van der Waals surface area contributed by atoms with Crippen LogP contribution in [0.1, 0.15) is 70.8 Å². The number of piperazine rings is 1. The van der Waals surface area contributed by atoms with E-state index in [-0.39, 0.29) is 0 Å². The molecular formula is C26H41N3O. The number of carbonyl (C=O) groups excluding carboxylic acids is 1. The Morgan fingerprint density at radius 3 is 2.17 bits per heavy atom. The highest BCUT2D eigenvalue weighted by Crippen LogP contribution is 2.45. The molecule has 2 saturated heterocycles. The van der Waals surface area contributed by atoms with Crippen molar-refractivity contribution in [2.24, 2.45) is 11.3 Å². The van der Waals surface area contributed by atoms with E-state index in [1.807, 2.05) is 0 Å². The van der Waals surface area contributed by atoms with Crippen LogP contribution in [0.3, 0.4) is 0 Å². The number of hydrogen-bond donors (Lipinski definition) is 0.